The highest BCUT2D eigenvalue weighted by Gasteiger charge is 2.21. The van der Waals surface area contributed by atoms with Crippen LogP contribution in [0.4, 0.5) is 17.5 Å². The molecule has 0 atom stereocenters. The van der Waals surface area contributed by atoms with Crippen LogP contribution >= 0.6 is 0 Å². The lowest BCUT2D eigenvalue weighted by Gasteiger charge is -2.11. The van der Waals surface area contributed by atoms with E-state index in [1.807, 2.05) is 0 Å². The van der Waals surface area contributed by atoms with Gasteiger partial charge in [-0.15, -0.1) is 0 Å². The van der Waals surface area contributed by atoms with Crippen molar-refractivity contribution in [3.05, 3.63) is 15.8 Å². The van der Waals surface area contributed by atoms with Crippen LogP contribution < -0.4 is 11.1 Å². The first-order valence-electron chi connectivity index (χ1n) is 6.60. The number of nitrogens with two attached hydrogens (primary N) is 1. The number of nitrogens with one attached hydrogen (secondary N) is 1. The van der Waals surface area contributed by atoms with Crippen LogP contribution in [0.15, 0.2) is 0 Å². The Labute approximate surface area is 111 Å². The highest BCUT2D eigenvalue weighted by atomic mass is 16.6. The van der Waals surface area contributed by atoms with Crippen molar-refractivity contribution in [2.45, 2.75) is 39.0 Å². The van der Waals surface area contributed by atoms with Crippen LogP contribution in [0.2, 0.25) is 0 Å². The second kappa shape index (κ2) is 5.81. The van der Waals surface area contributed by atoms with E-state index in [2.05, 4.69) is 15.3 Å². The van der Waals surface area contributed by atoms with Gasteiger partial charge in [0.2, 0.25) is 11.8 Å². The summed E-state index contributed by atoms with van der Waals surface area (Å²) in [6.45, 7) is 2.25. The van der Waals surface area contributed by atoms with E-state index in [1.54, 1.807) is 6.92 Å². The van der Waals surface area contributed by atoms with Crippen LogP contribution in [0.3, 0.4) is 0 Å². The molecule has 0 radical (unpaired) electrons. The third-order valence-electron chi connectivity index (χ3n) is 3.58. The first kappa shape index (κ1) is 13.5. The number of hydrogen-bond acceptors (Lipinski definition) is 6. The summed E-state index contributed by atoms with van der Waals surface area (Å²) in [7, 11) is 0. The smallest absolute Gasteiger partial charge is 0.332 e. The summed E-state index contributed by atoms with van der Waals surface area (Å²) in [5.41, 5.74) is 5.75. The maximum Gasteiger partial charge on any atom is 0.332 e. The molecule has 0 aliphatic heterocycles. The quantitative estimate of drug-likeness (QED) is 0.624. The summed E-state index contributed by atoms with van der Waals surface area (Å²) in [5, 5.41) is 14.0. The lowest BCUT2D eigenvalue weighted by atomic mass is 10.0. The molecule has 7 heteroatoms. The Hall–Kier alpha value is -1.92. The monoisotopic (exact) mass is 265 g/mol. The van der Waals surface area contributed by atoms with Gasteiger partial charge in [0.05, 0.1) is 4.92 Å². The molecule has 0 spiro atoms. The Morgan fingerprint density at radius 3 is 2.74 bits per heavy atom. The average molecular weight is 265 g/mol. The van der Waals surface area contributed by atoms with E-state index < -0.39 is 4.92 Å². The molecule has 1 aliphatic rings. The summed E-state index contributed by atoms with van der Waals surface area (Å²) in [6, 6.07) is 0. The summed E-state index contributed by atoms with van der Waals surface area (Å²) in [4.78, 5) is 18.3. The number of nitro groups is 1. The molecule has 0 unspecified atom stereocenters. The number of nitrogen functional groups attached to an aromatic ring is 1. The van der Waals surface area contributed by atoms with Gasteiger partial charge in [-0.05, 0) is 19.3 Å². The number of nitrogens with zero attached hydrogens (tertiary/aromatic N) is 3. The maximum atomic E-state index is 11.0. The summed E-state index contributed by atoms with van der Waals surface area (Å²) < 4.78 is 0. The van der Waals surface area contributed by atoms with E-state index in [0.29, 0.717) is 12.2 Å². The van der Waals surface area contributed by atoms with Gasteiger partial charge in [-0.2, -0.15) is 4.98 Å². The molecule has 3 N–H and O–H groups in total. The number of hydrogen-bond donors (Lipinski definition) is 2. The minimum absolute atomic E-state index is 0.0615. The predicted octanol–water partition coefficient (Wildman–Crippen LogP) is 2.27. The van der Waals surface area contributed by atoms with Gasteiger partial charge >= 0.3 is 5.69 Å². The first-order chi connectivity index (χ1) is 9.08. The Morgan fingerprint density at radius 1 is 1.42 bits per heavy atom. The molecule has 1 aromatic rings. The van der Waals surface area contributed by atoms with E-state index in [0.717, 1.165) is 12.3 Å². The minimum Gasteiger partial charge on any atom is -0.368 e. The summed E-state index contributed by atoms with van der Waals surface area (Å²) in [5.74, 6) is 1.02. The van der Waals surface area contributed by atoms with Gasteiger partial charge in [0.15, 0.2) is 0 Å². The molecule has 0 bridgehead atoms. The van der Waals surface area contributed by atoms with Crippen LogP contribution in [-0.4, -0.2) is 21.4 Å². The molecule has 2 rings (SSSR count). The van der Waals surface area contributed by atoms with E-state index in [9.17, 15) is 10.1 Å². The van der Waals surface area contributed by atoms with Gasteiger partial charge < -0.3 is 11.1 Å². The Balaban J connectivity index is 2.03. The minimum atomic E-state index is -0.466. The van der Waals surface area contributed by atoms with Crippen molar-refractivity contribution in [3.8, 4) is 0 Å². The lowest BCUT2D eigenvalue weighted by Crippen LogP contribution is -2.12. The molecule has 1 aromatic heterocycles. The number of rotatable bonds is 5. The third kappa shape index (κ3) is 3.30. The fourth-order valence-electron chi connectivity index (χ4n) is 2.62. The zero-order valence-corrected chi connectivity index (χ0v) is 11.1. The van der Waals surface area contributed by atoms with Crippen molar-refractivity contribution in [2.75, 3.05) is 17.6 Å². The van der Waals surface area contributed by atoms with Crippen LogP contribution in [-0.2, 0) is 0 Å². The second-order valence-corrected chi connectivity index (χ2v) is 4.99. The fourth-order valence-corrected chi connectivity index (χ4v) is 2.62. The van der Waals surface area contributed by atoms with Crippen molar-refractivity contribution >= 4 is 17.5 Å². The Kier molecular flexibility index (Phi) is 4.13. The van der Waals surface area contributed by atoms with Crippen molar-refractivity contribution in [1.29, 1.82) is 0 Å². The van der Waals surface area contributed by atoms with Crippen LogP contribution in [0.1, 0.15) is 37.8 Å². The zero-order valence-electron chi connectivity index (χ0n) is 11.1. The number of aromatic nitrogens is 2. The fraction of sp³-hybridized carbons (Fsp3) is 0.667. The molecule has 0 aromatic carbocycles. The van der Waals surface area contributed by atoms with Crippen LogP contribution in [0.25, 0.3) is 0 Å². The largest absolute Gasteiger partial charge is 0.368 e. The predicted molar refractivity (Wildman–Crippen MR) is 72.9 cm³/mol. The van der Waals surface area contributed by atoms with Crippen LogP contribution in [0.5, 0.6) is 0 Å². The molecule has 7 nitrogen and oxygen atoms in total. The zero-order chi connectivity index (χ0) is 13.8. The molecular formula is C12H19N5O2. The van der Waals surface area contributed by atoms with E-state index in [-0.39, 0.29) is 17.5 Å². The van der Waals surface area contributed by atoms with Crippen molar-refractivity contribution in [1.82, 2.24) is 9.97 Å². The maximum absolute atomic E-state index is 11.0. The van der Waals surface area contributed by atoms with Crippen molar-refractivity contribution in [2.24, 2.45) is 5.92 Å². The standard InChI is InChI=1S/C12H19N5O2/c1-8-10(17(18)19)11(16-12(13)15-8)14-7-6-9-4-2-3-5-9/h9H,2-7H2,1H3,(H3,13,14,15,16). The molecule has 1 heterocycles. The van der Waals surface area contributed by atoms with Crippen LogP contribution in [0, 0.1) is 23.0 Å². The highest BCUT2D eigenvalue weighted by molar-refractivity contribution is 5.60. The number of aryl methyl sites for hydroxylation is 1. The molecular weight excluding hydrogens is 246 g/mol. The second-order valence-electron chi connectivity index (χ2n) is 4.99. The van der Waals surface area contributed by atoms with E-state index in [4.69, 9.17) is 5.73 Å². The SMILES string of the molecule is Cc1nc(N)nc(NCCC2CCCC2)c1[N+](=O)[O-]. The van der Waals surface area contributed by atoms with Gasteiger partial charge in [-0.1, -0.05) is 25.7 Å². The molecule has 0 amide bonds. The normalized spacial score (nSPS) is 15.6. The molecule has 1 fully saturated rings. The Morgan fingerprint density at radius 2 is 2.11 bits per heavy atom. The average Bonchev–Trinajstić information content (AvgIpc) is 2.80. The van der Waals surface area contributed by atoms with Gasteiger partial charge in [0, 0.05) is 6.54 Å². The molecule has 0 saturated heterocycles. The van der Waals surface area contributed by atoms with Gasteiger partial charge in [0.1, 0.15) is 5.69 Å². The molecule has 1 saturated carbocycles. The highest BCUT2D eigenvalue weighted by Crippen LogP contribution is 2.29. The summed E-state index contributed by atoms with van der Waals surface area (Å²) in [6.07, 6.45) is 6.12. The van der Waals surface area contributed by atoms with Gasteiger partial charge in [0.25, 0.3) is 0 Å². The van der Waals surface area contributed by atoms with E-state index in [1.165, 1.54) is 25.7 Å². The first-order valence-corrected chi connectivity index (χ1v) is 6.60. The van der Waals surface area contributed by atoms with Gasteiger partial charge in [-0.3, -0.25) is 10.1 Å². The van der Waals surface area contributed by atoms with Crippen molar-refractivity contribution in [3.63, 3.8) is 0 Å². The number of anilines is 2. The molecule has 104 valence electrons. The van der Waals surface area contributed by atoms with E-state index >= 15 is 0 Å². The third-order valence-corrected chi connectivity index (χ3v) is 3.58. The van der Waals surface area contributed by atoms with Crippen molar-refractivity contribution < 1.29 is 4.92 Å². The molecule has 1 aliphatic carbocycles. The topological polar surface area (TPSA) is 107 Å². The van der Waals surface area contributed by atoms with Gasteiger partial charge in [-0.25, -0.2) is 4.98 Å². The Bertz CT molecular complexity index is 471. The molecule has 19 heavy (non-hydrogen) atoms. The lowest BCUT2D eigenvalue weighted by molar-refractivity contribution is -0.385. The summed E-state index contributed by atoms with van der Waals surface area (Å²) >= 11 is 0.